The number of hydrogen-bond donors (Lipinski definition) is 2. The van der Waals surface area contributed by atoms with Crippen LogP contribution in [0.2, 0.25) is 0 Å². The molecule has 0 aromatic heterocycles. The number of carbonyl (C=O) groups excluding carboxylic acids is 2. The lowest BCUT2D eigenvalue weighted by Gasteiger charge is -2.21. The van der Waals surface area contributed by atoms with Crippen molar-refractivity contribution in [2.45, 2.75) is 51.2 Å². The minimum Gasteiger partial charge on any atom is -0.435 e. The van der Waals surface area contributed by atoms with Crippen LogP contribution in [0.25, 0.3) is 0 Å². The van der Waals surface area contributed by atoms with Crippen LogP contribution in [0.3, 0.4) is 0 Å². The van der Waals surface area contributed by atoms with Crippen LogP contribution >= 0.6 is 0 Å². The van der Waals surface area contributed by atoms with E-state index in [1.54, 1.807) is 0 Å². The maximum atomic E-state index is 12.2. The first-order valence-electron chi connectivity index (χ1n) is 9.26. The van der Waals surface area contributed by atoms with Crippen LogP contribution in [0.1, 0.15) is 48.9 Å². The van der Waals surface area contributed by atoms with Gasteiger partial charge in [0.1, 0.15) is 5.75 Å². The fourth-order valence-electron chi connectivity index (χ4n) is 2.92. The summed E-state index contributed by atoms with van der Waals surface area (Å²) < 4.78 is 34.4. The molecular formula is C19H26F2N2O4. The highest BCUT2D eigenvalue weighted by Gasteiger charge is 2.13. The van der Waals surface area contributed by atoms with Crippen molar-refractivity contribution in [3.8, 4) is 5.75 Å². The molecule has 1 fully saturated rings. The first-order valence-corrected chi connectivity index (χ1v) is 9.26. The van der Waals surface area contributed by atoms with E-state index in [0.29, 0.717) is 25.7 Å². The second-order valence-electron chi connectivity index (χ2n) is 6.42. The lowest BCUT2D eigenvalue weighted by Crippen LogP contribution is -2.37. The second-order valence-corrected chi connectivity index (χ2v) is 6.42. The zero-order chi connectivity index (χ0) is 19.5. The summed E-state index contributed by atoms with van der Waals surface area (Å²) in [7, 11) is 0. The largest absolute Gasteiger partial charge is 0.435 e. The van der Waals surface area contributed by atoms with Gasteiger partial charge in [0.25, 0.3) is 5.91 Å². The van der Waals surface area contributed by atoms with Crippen molar-refractivity contribution in [2.24, 2.45) is 0 Å². The second kappa shape index (κ2) is 11.5. The van der Waals surface area contributed by atoms with E-state index >= 15 is 0 Å². The molecule has 2 N–H and O–H groups in total. The van der Waals surface area contributed by atoms with Gasteiger partial charge in [-0.15, -0.1) is 0 Å². The highest BCUT2D eigenvalue weighted by molar-refractivity contribution is 5.96. The highest BCUT2D eigenvalue weighted by atomic mass is 19.3. The summed E-state index contributed by atoms with van der Waals surface area (Å²) in [4.78, 5) is 23.7. The Morgan fingerprint density at radius 1 is 1.15 bits per heavy atom. The van der Waals surface area contributed by atoms with Crippen LogP contribution in [0.4, 0.5) is 8.78 Å². The molecule has 0 bridgehead atoms. The van der Waals surface area contributed by atoms with Crippen molar-refractivity contribution in [2.75, 3.05) is 19.7 Å². The molecule has 0 aliphatic heterocycles. The molecular weight excluding hydrogens is 358 g/mol. The number of carbonyl (C=O) groups is 2. The first-order chi connectivity index (χ1) is 13.0. The van der Waals surface area contributed by atoms with Crippen molar-refractivity contribution >= 4 is 11.8 Å². The predicted molar refractivity (Wildman–Crippen MR) is 95.9 cm³/mol. The molecule has 1 aliphatic carbocycles. The summed E-state index contributed by atoms with van der Waals surface area (Å²) in [5.74, 6) is -0.966. The van der Waals surface area contributed by atoms with Crippen LogP contribution in [0, 0.1) is 0 Å². The van der Waals surface area contributed by atoms with E-state index in [4.69, 9.17) is 4.74 Å². The molecule has 27 heavy (non-hydrogen) atoms. The van der Waals surface area contributed by atoms with Gasteiger partial charge < -0.3 is 20.1 Å². The van der Waals surface area contributed by atoms with E-state index in [9.17, 15) is 18.4 Å². The van der Waals surface area contributed by atoms with Crippen LogP contribution in [-0.2, 0) is 9.53 Å². The van der Waals surface area contributed by atoms with E-state index < -0.39 is 12.5 Å². The Bertz CT molecular complexity index is 607. The van der Waals surface area contributed by atoms with Gasteiger partial charge >= 0.3 is 6.61 Å². The van der Waals surface area contributed by atoms with Gasteiger partial charge in [0.05, 0.1) is 12.6 Å². The average Bonchev–Trinajstić information content (AvgIpc) is 2.66. The molecule has 1 aliphatic rings. The average molecular weight is 384 g/mol. The molecule has 0 spiro atoms. The summed E-state index contributed by atoms with van der Waals surface area (Å²) in [6.45, 7) is -2.08. The lowest BCUT2D eigenvalue weighted by atomic mass is 9.98. The Morgan fingerprint density at radius 3 is 2.67 bits per heavy atom. The molecule has 1 aromatic rings. The Balaban J connectivity index is 1.59. The maximum Gasteiger partial charge on any atom is 0.387 e. The third-order valence-electron chi connectivity index (χ3n) is 4.28. The summed E-state index contributed by atoms with van der Waals surface area (Å²) in [5.41, 5.74) is 0.141. The van der Waals surface area contributed by atoms with Gasteiger partial charge in [-0.2, -0.15) is 8.78 Å². The summed E-state index contributed by atoms with van der Waals surface area (Å²) in [6, 6.07) is 5.40. The number of benzene rings is 1. The Kier molecular flexibility index (Phi) is 8.97. The van der Waals surface area contributed by atoms with Crippen LogP contribution < -0.4 is 15.4 Å². The van der Waals surface area contributed by atoms with E-state index in [0.717, 1.165) is 12.8 Å². The lowest BCUT2D eigenvalue weighted by molar-refractivity contribution is -0.120. The third kappa shape index (κ3) is 8.34. The molecule has 0 radical (unpaired) electrons. The molecule has 0 unspecified atom stereocenters. The van der Waals surface area contributed by atoms with Gasteiger partial charge in [0.15, 0.2) is 0 Å². The van der Waals surface area contributed by atoms with E-state index in [2.05, 4.69) is 15.4 Å². The Hall–Kier alpha value is -2.22. The van der Waals surface area contributed by atoms with Crippen LogP contribution in [-0.4, -0.2) is 44.2 Å². The molecule has 2 rings (SSSR count). The summed E-state index contributed by atoms with van der Waals surface area (Å²) in [5, 5.41) is 5.15. The molecule has 150 valence electrons. The minimum absolute atomic E-state index is 0.111. The molecule has 2 amide bonds. The number of ether oxygens (including phenoxy) is 2. The van der Waals surface area contributed by atoms with Crippen molar-refractivity contribution in [3.63, 3.8) is 0 Å². The monoisotopic (exact) mass is 384 g/mol. The van der Waals surface area contributed by atoms with Gasteiger partial charge in [-0.25, -0.2) is 0 Å². The van der Waals surface area contributed by atoms with Crippen LogP contribution in [0.5, 0.6) is 5.75 Å². The summed E-state index contributed by atoms with van der Waals surface area (Å²) in [6.07, 6.45) is 7.01. The Labute approximate surface area is 157 Å². The molecule has 8 heteroatoms. The molecule has 0 saturated heterocycles. The van der Waals surface area contributed by atoms with Gasteiger partial charge in [-0.05, 0) is 37.5 Å². The Morgan fingerprint density at radius 2 is 1.93 bits per heavy atom. The zero-order valence-electron chi connectivity index (χ0n) is 15.2. The minimum atomic E-state index is -2.96. The standard InChI is InChI=1S/C19H26F2N2O4/c20-19(21)27-16-9-4-6-14(12-16)18(25)23-13-17(24)22-10-5-11-26-15-7-2-1-3-8-15/h4,6,9,12,15,19H,1-3,5,7-8,10-11,13H2,(H,22,24)(H,23,25). The number of hydrogen-bond acceptors (Lipinski definition) is 4. The van der Waals surface area contributed by atoms with E-state index in [1.807, 2.05) is 0 Å². The molecule has 0 heterocycles. The fraction of sp³-hybridized carbons (Fsp3) is 0.579. The van der Waals surface area contributed by atoms with E-state index in [-0.39, 0.29) is 23.8 Å². The van der Waals surface area contributed by atoms with Crippen molar-refractivity contribution in [1.29, 1.82) is 0 Å². The zero-order valence-corrected chi connectivity index (χ0v) is 15.2. The topological polar surface area (TPSA) is 76.7 Å². The van der Waals surface area contributed by atoms with Crippen LogP contribution in [0.15, 0.2) is 24.3 Å². The van der Waals surface area contributed by atoms with Gasteiger partial charge in [-0.3, -0.25) is 9.59 Å². The number of rotatable bonds is 10. The van der Waals surface area contributed by atoms with E-state index in [1.165, 1.54) is 43.5 Å². The molecule has 1 saturated carbocycles. The third-order valence-corrected chi connectivity index (χ3v) is 4.28. The quantitative estimate of drug-likeness (QED) is 0.608. The first kappa shape index (κ1) is 21.1. The highest BCUT2D eigenvalue weighted by Crippen LogP contribution is 2.20. The predicted octanol–water partition coefficient (Wildman–Crippen LogP) is 2.87. The SMILES string of the molecule is O=C(CNC(=O)c1cccc(OC(F)F)c1)NCCCOC1CCCCC1. The number of amides is 2. The molecule has 6 nitrogen and oxygen atoms in total. The van der Waals surface area contributed by atoms with Crippen molar-refractivity contribution in [1.82, 2.24) is 10.6 Å². The van der Waals surface area contributed by atoms with Crippen molar-refractivity contribution in [3.05, 3.63) is 29.8 Å². The molecule has 1 aromatic carbocycles. The number of nitrogens with one attached hydrogen (secondary N) is 2. The summed E-state index contributed by atoms with van der Waals surface area (Å²) >= 11 is 0. The van der Waals surface area contributed by atoms with Gasteiger partial charge in [0, 0.05) is 18.7 Å². The maximum absolute atomic E-state index is 12.2. The van der Waals surface area contributed by atoms with Gasteiger partial charge in [0.2, 0.25) is 5.91 Å². The number of halogens is 2. The fourth-order valence-corrected chi connectivity index (χ4v) is 2.92. The normalized spacial score (nSPS) is 14.8. The van der Waals surface area contributed by atoms with Crippen molar-refractivity contribution < 1.29 is 27.8 Å². The van der Waals surface area contributed by atoms with Gasteiger partial charge in [-0.1, -0.05) is 25.3 Å². The number of alkyl halides is 2. The smallest absolute Gasteiger partial charge is 0.387 e. The molecule has 0 atom stereocenters.